The van der Waals surface area contributed by atoms with Crippen molar-refractivity contribution < 1.29 is 9.47 Å². The third-order valence-electron chi connectivity index (χ3n) is 5.10. The molecule has 3 heterocycles. The molecule has 0 radical (unpaired) electrons. The predicted octanol–water partition coefficient (Wildman–Crippen LogP) is 2.00. The highest BCUT2D eigenvalue weighted by Gasteiger charge is 2.22. The first-order valence-corrected chi connectivity index (χ1v) is 9.08. The lowest BCUT2D eigenvalue weighted by Crippen LogP contribution is -2.40. The first-order chi connectivity index (χ1) is 12.6. The Morgan fingerprint density at radius 2 is 2.04 bits per heavy atom. The molecule has 1 aromatic heterocycles. The van der Waals surface area contributed by atoms with Gasteiger partial charge in [-0.15, -0.1) is 0 Å². The zero-order valence-corrected chi connectivity index (χ0v) is 14.8. The first kappa shape index (κ1) is 16.9. The molecule has 7 heteroatoms. The van der Waals surface area contributed by atoms with Gasteiger partial charge in [-0.25, -0.2) is 4.79 Å². The summed E-state index contributed by atoms with van der Waals surface area (Å²) < 4.78 is 12.4. The Morgan fingerprint density at radius 1 is 1.23 bits per heavy atom. The lowest BCUT2D eigenvalue weighted by atomic mass is 10.0. The maximum atomic E-state index is 12.5. The lowest BCUT2D eigenvalue weighted by molar-refractivity contribution is 0.0674. The summed E-state index contributed by atoms with van der Waals surface area (Å²) in [5.41, 5.74) is 1.55. The fourth-order valence-electron chi connectivity index (χ4n) is 3.76. The van der Waals surface area contributed by atoms with E-state index in [4.69, 9.17) is 9.47 Å². The normalized spacial score (nSPS) is 18.2. The van der Waals surface area contributed by atoms with E-state index < -0.39 is 0 Å². The van der Waals surface area contributed by atoms with Crippen molar-refractivity contribution >= 4 is 5.82 Å². The van der Waals surface area contributed by atoms with Crippen LogP contribution in [0.3, 0.4) is 0 Å². The molecular weight excluding hydrogens is 334 g/mol. The third kappa shape index (κ3) is 3.14. The number of nitrogens with one attached hydrogen (secondary N) is 2. The monoisotopic (exact) mass is 357 g/mol. The Hall–Kier alpha value is -2.54. The highest BCUT2D eigenvalue weighted by molar-refractivity contribution is 5.48. The second-order valence-corrected chi connectivity index (χ2v) is 6.84. The zero-order valence-electron chi connectivity index (χ0n) is 14.8. The molecule has 4 rings (SSSR count). The summed E-state index contributed by atoms with van der Waals surface area (Å²) >= 11 is 0. The zero-order chi connectivity index (χ0) is 18.1. The summed E-state index contributed by atoms with van der Waals surface area (Å²) in [6, 6.07) is 7.33. The molecule has 2 aliphatic heterocycles. The maximum absolute atomic E-state index is 12.5. The van der Waals surface area contributed by atoms with Gasteiger partial charge in [0.25, 0.3) is 5.56 Å². The van der Waals surface area contributed by atoms with Gasteiger partial charge in [-0.3, -0.25) is 14.3 Å². The number of para-hydroxylation sites is 1. The molecule has 0 amide bonds. The van der Waals surface area contributed by atoms with E-state index in [0.717, 1.165) is 17.7 Å². The van der Waals surface area contributed by atoms with Gasteiger partial charge in [-0.2, -0.15) is 0 Å². The van der Waals surface area contributed by atoms with Crippen LogP contribution in [0.25, 0.3) is 0 Å². The van der Waals surface area contributed by atoms with Crippen LogP contribution in [-0.2, 0) is 11.2 Å². The van der Waals surface area contributed by atoms with Crippen molar-refractivity contribution in [2.24, 2.45) is 0 Å². The van der Waals surface area contributed by atoms with E-state index in [1.807, 2.05) is 19.1 Å². The number of anilines is 1. The molecule has 2 N–H and O–H groups in total. The number of hydrogen-bond donors (Lipinski definition) is 2. The number of aromatic nitrogens is 2. The van der Waals surface area contributed by atoms with Gasteiger partial charge in [0.15, 0.2) is 0 Å². The van der Waals surface area contributed by atoms with E-state index >= 15 is 0 Å². The van der Waals surface area contributed by atoms with E-state index in [0.29, 0.717) is 38.5 Å². The van der Waals surface area contributed by atoms with Crippen LogP contribution in [0.2, 0.25) is 0 Å². The Bertz CT molecular complexity index is 880. The molecule has 0 spiro atoms. The van der Waals surface area contributed by atoms with Crippen LogP contribution in [0.1, 0.15) is 43.0 Å². The summed E-state index contributed by atoms with van der Waals surface area (Å²) in [6.07, 6.45) is 2.27. The molecule has 0 unspecified atom stereocenters. The van der Waals surface area contributed by atoms with Gasteiger partial charge in [-0.1, -0.05) is 18.2 Å². The Morgan fingerprint density at radius 3 is 2.81 bits per heavy atom. The average Bonchev–Trinajstić information content (AvgIpc) is 3.10. The highest BCUT2D eigenvalue weighted by atomic mass is 16.5. The molecule has 0 aliphatic carbocycles. The number of benzene rings is 1. The number of fused-ring (bicyclic) bond motifs is 1. The van der Waals surface area contributed by atoms with Crippen molar-refractivity contribution in [1.29, 1.82) is 0 Å². The minimum Gasteiger partial charge on any atom is -0.493 e. The number of hydrogen-bond acceptors (Lipinski definition) is 5. The van der Waals surface area contributed by atoms with Gasteiger partial charge < -0.3 is 14.8 Å². The minimum absolute atomic E-state index is 0.0998. The van der Waals surface area contributed by atoms with Crippen molar-refractivity contribution in [3.05, 3.63) is 56.2 Å². The second-order valence-electron chi connectivity index (χ2n) is 6.84. The predicted molar refractivity (Wildman–Crippen MR) is 98.1 cm³/mol. The fourth-order valence-corrected chi connectivity index (χ4v) is 3.76. The van der Waals surface area contributed by atoms with Gasteiger partial charge in [0.2, 0.25) is 0 Å². The van der Waals surface area contributed by atoms with Crippen LogP contribution in [0.15, 0.2) is 33.9 Å². The van der Waals surface area contributed by atoms with Gasteiger partial charge in [0, 0.05) is 37.3 Å². The van der Waals surface area contributed by atoms with Crippen molar-refractivity contribution in [2.45, 2.75) is 38.3 Å². The molecule has 26 heavy (non-hydrogen) atoms. The summed E-state index contributed by atoms with van der Waals surface area (Å²) in [6.45, 7) is 3.83. The van der Waals surface area contributed by atoms with Crippen LogP contribution < -0.4 is 21.3 Å². The topological polar surface area (TPSA) is 85.4 Å². The van der Waals surface area contributed by atoms with Gasteiger partial charge in [0.1, 0.15) is 11.6 Å². The first-order valence-electron chi connectivity index (χ1n) is 9.08. The largest absolute Gasteiger partial charge is 0.493 e. The molecule has 0 saturated carbocycles. The molecule has 138 valence electrons. The van der Waals surface area contributed by atoms with Crippen molar-refractivity contribution in [2.75, 3.05) is 25.1 Å². The van der Waals surface area contributed by atoms with Crippen LogP contribution in [0.4, 0.5) is 5.82 Å². The number of nitrogens with zero attached hydrogens (tertiary/aromatic N) is 1. The summed E-state index contributed by atoms with van der Waals surface area (Å²) in [5.74, 6) is 1.33. The van der Waals surface area contributed by atoms with Crippen LogP contribution >= 0.6 is 0 Å². The van der Waals surface area contributed by atoms with Gasteiger partial charge >= 0.3 is 5.69 Å². The molecule has 1 fully saturated rings. The van der Waals surface area contributed by atoms with E-state index in [1.54, 1.807) is 0 Å². The van der Waals surface area contributed by atoms with Crippen molar-refractivity contribution in [3.8, 4) is 5.75 Å². The van der Waals surface area contributed by atoms with E-state index in [9.17, 15) is 9.59 Å². The fraction of sp³-hybridized carbons (Fsp3) is 0.474. The average molecular weight is 357 g/mol. The van der Waals surface area contributed by atoms with Crippen LogP contribution in [-0.4, -0.2) is 29.4 Å². The van der Waals surface area contributed by atoms with E-state index in [1.165, 1.54) is 16.2 Å². The van der Waals surface area contributed by atoms with E-state index in [2.05, 4.69) is 16.4 Å². The molecule has 0 bridgehead atoms. The molecule has 7 nitrogen and oxygen atoms in total. The summed E-state index contributed by atoms with van der Waals surface area (Å²) in [4.78, 5) is 27.8. The third-order valence-corrected chi connectivity index (χ3v) is 5.10. The Kier molecular flexibility index (Phi) is 4.55. The standard InChI is InChI=1S/C19H23N3O4/c1-12(15-4-2-3-13-5-10-26-18(13)15)20-16-11-17(23)22(19(24)21-16)14-6-8-25-9-7-14/h2-4,11-12,14,20H,5-10H2,1H3,(H,21,24)/t12-/m0/s1. The minimum atomic E-state index is -0.381. The van der Waals surface area contributed by atoms with Crippen molar-refractivity contribution in [1.82, 2.24) is 9.55 Å². The lowest BCUT2D eigenvalue weighted by Gasteiger charge is -2.24. The number of ether oxygens (including phenoxy) is 2. The molecule has 2 aromatic rings. The Balaban J connectivity index is 1.58. The highest BCUT2D eigenvalue weighted by Crippen LogP contribution is 2.34. The number of H-pyrrole nitrogens is 1. The van der Waals surface area contributed by atoms with Gasteiger partial charge in [0.05, 0.1) is 12.6 Å². The SMILES string of the molecule is C[C@H](Nc1cc(=O)n(C2CCOCC2)c(=O)[nH]1)c1cccc2c1OCC2. The van der Waals surface area contributed by atoms with Gasteiger partial charge in [-0.05, 0) is 25.3 Å². The molecular formula is C19H23N3O4. The van der Waals surface area contributed by atoms with Crippen molar-refractivity contribution in [3.63, 3.8) is 0 Å². The number of aromatic amines is 1. The smallest absolute Gasteiger partial charge is 0.330 e. The Labute approximate surface area is 151 Å². The number of rotatable bonds is 4. The van der Waals surface area contributed by atoms with Crippen LogP contribution in [0.5, 0.6) is 5.75 Å². The molecule has 1 saturated heterocycles. The summed E-state index contributed by atoms with van der Waals surface area (Å²) in [5, 5.41) is 3.23. The quantitative estimate of drug-likeness (QED) is 0.874. The molecule has 1 aromatic carbocycles. The van der Waals surface area contributed by atoms with E-state index in [-0.39, 0.29) is 23.3 Å². The second kappa shape index (κ2) is 6.99. The summed E-state index contributed by atoms with van der Waals surface area (Å²) in [7, 11) is 0. The molecule has 1 atom stereocenters. The maximum Gasteiger partial charge on any atom is 0.330 e. The van der Waals surface area contributed by atoms with Crippen LogP contribution in [0, 0.1) is 0 Å². The molecule has 2 aliphatic rings.